The van der Waals surface area contributed by atoms with E-state index in [-0.39, 0.29) is 22.7 Å². The SMILES string of the molecule is COc1ccccc1C1(CNC(=O)Cn2c(C)csc2=O)CCCC1. The summed E-state index contributed by atoms with van der Waals surface area (Å²) in [6.45, 7) is 2.50. The number of para-hydroxylation sites is 1. The van der Waals surface area contributed by atoms with Crippen LogP contribution >= 0.6 is 11.3 Å². The number of methoxy groups -OCH3 is 1. The van der Waals surface area contributed by atoms with Crippen molar-refractivity contribution in [1.29, 1.82) is 0 Å². The summed E-state index contributed by atoms with van der Waals surface area (Å²) < 4.78 is 7.07. The van der Waals surface area contributed by atoms with Gasteiger partial charge in [0, 0.05) is 28.6 Å². The number of amides is 1. The third-order valence-electron chi connectivity index (χ3n) is 5.14. The number of aromatic nitrogens is 1. The lowest BCUT2D eigenvalue weighted by atomic mass is 9.78. The van der Waals surface area contributed by atoms with Crippen LogP contribution in [0.2, 0.25) is 0 Å². The molecule has 6 heteroatoms. The van der Waals surface area contributed by atoms with Crippen LogP contribution in [0.1, 0.15) is 36.9 Å². The van der Waals surface area contributed by atoms with E-state index >= 15 is 0 Å². The van der Waals surface area contributed by atoms with Crippen LogP contribution in [0.15, 0.2) is 34.4 Å². The van der Waals surface area contributed by atoms with E-state index in [9.17, 15) is 9.59 Å². The number of benzene rings is 1. The second-order valence-electron chi connectivity index (χ2n) is 6.69. The van der Waals surface area contributed by atoms with Crippen molar-refractivity contribution in [3.63, 3.8) is 0 Å². The molecule has 5 nitrogen and oxygen atoms in total. The number of carbonyl (C=O) groups is 1. The molecular formula is C19H24N2O3S. The van der Waals surface area contributed by atoms with Gasteiger partial charge in [-0.3, -0.25) is 14.2 Å². The van der Waals surface area contributed by atoms with E-state index in [2.05, 4.69) is 11.4 Å². The highest BCUT2D eigenvalue weighted by Crippen LogP contribution is 2.44. The Balaban J connectivity index is 1.74. The Bertz CT molecular complexity index is 803. The minimum atomic E-state index is -0.121. The molecule has 0 saturated heterocycles. The zero-order valence-electron chi connectivity index (χ0n) is 14.7. The highest BCUT2D eigenvalue weighted by molar-refractivity contribution is 7.07. The quantitative estimate of drug-likeness (QED) is 0.862. The monoisotopic (exact) mass is 360 g/mol. The van der Waals surface area contributed by atoms with Crippen LogP contribution in [-0.2, 0) is 16.8 Å². The van der Waals surface area contributed by atoms with Crippen LogP contribution in [0.4, 0.5) is 0 Å². The summed E-state index contributed by atoms with van der Waals surface area (Å²) in [5.41, 5.74) is 1.90. The summed E-state index contributed by atoms with van der Waals surface area (Å²) in [7, 11) is 1.69. The molecule has 2 aromatic rings. The first-order valence-corrected chi connectivity index (χ1v) is 9.49. The molecule has 1 aromatic carbocycles. The Morgan fingerprint density at radius 1 is 1.32 bits per heavy atom. The van der Waals surface area contributed by atoms with Gasteiger partial charge in [-0.2, -0.15) is 0 Å². The summed E-state index contributed by atoms with van der Waals surface area (Å²) in [5.74, 6) is 0.758. The zero-order valence-corrected chi connectivity index (χ0v) is 15.5. The predicted molar refractivity (Wildman–Crippen MR) is 99.5 cm³/mol. The van der Waals surface area contributed by atoms with E-state index in [1.807, 2.05) is 25.1 Å². The smallest absolute Gasteiger partial charge is 0.307 e. The van der Waals surface area contributed by atoms with Gasteiger partial charge in [0.15, 0.2) is 0 Å². The Kier molecular flexibility index (Phi) is 5.27. The lowest BCUT2D eigenvalue weighted by Gasteiger charge is -2.31. The summed E-state index contributed by atoms with van der Waals surface area (Å²) in [6, 6.07) is 8.07. The van der Waals surface area contributed by atoms with Crippen molar-refractivity contribution in [3.8, 4) is 5.75 Å². The van der Waals surface area contributed by atoms with Crippen molar-refractivity contribution in [2.75, 3.05) is 13.7 Å². The molecule has 1 fully saturated rings. The normalized spacial score (nSPS) is 15.9. The third kappa shape index (κ3) is 3.63. The van der Waals surface area contributed by atoms with Crippen LogP contribution in [0, 0.1) is 6.92 Å². The van der Waals surface area contributed by atoms with Gasteiger partial charge < -0.3 is 10.1 Å². The van der Waals surface area contributed by atoms with E-state index < -0.39 is 0 Å². The average Bonchev–Trinajstić information content (AvgIpc) is 3.23. The van der Waals surface area contributed by atoms with Crippen LogP contribution in [0.5, 0.6) is 5.75 Å². The van der Waals surface area contributed by atoms with Gasteiger partial charge in [-0.25, -0.2) is 0 Å². The van der Waals surface area contributed by atoms with Gasteiger partial charge >= 0.3 is 4.87 Å². The lowest BCUT2D eigenvalue weighted by Crippen LogP contribution is -2.41. The number of nitrogens with zero attached hydrogens (tertiary/aromatic N) is 1. The van der Waals surface area contributed by atoms with E-state index in [0.29, 0.717) is 6.54 Å². The molecule has 0 radical (unpaired) electrons. The Labute approximate surface area is 151 Å². The number of carbonyl (C=O) groups excluding carboxylic acids is 1. The second kappa shape index (κ2) is 7.44. The minimum absolute atomic E-state index is 0.0795. The molecule has 25 heavy (non-hydrogen) atoms. The van der Waals surface area contributed by atoms with Crippen molar-refractivity contribution in [1.82, 2.24) is 9.88 Å². The number of aryl methyl sites for hydroxylation is 1. The number of hydrogen-bond donors (Lipinski definition) is 1. The molecule has 1 aliphatic rings. The number of ether oxygens (including phenoxy) is 1. The topological polar surface area (TPSA) is 60.3 Å². The predicted octanol–water partition coefficient (Wildman–Crippen LogP) is 2.86. The Hall–Kier alpha value is -2.08. The molecule has 3 rings (SSSR count). The first kappa shape index (κ1) is 17.7. The van der Waals surface area contributed by atoms with Crippen molar-refractivity contribution >= 4 is 17.2 Å². The van der Waals surface area contributed by atoms with Gasteiger partial charge in [0.1, 0.15) is 12.3 Å². The summed E-state index contributed by atoms with van der Waals surface area (Å²) in [6.07, 6.45) is 4.37. The van der Waals surface area contributed by atoms with Crippen molar-refractivity contribution in [3.05, 3.63) is 50.6 Å². The maximum Gasteiger partial charge on any atom is 0.307 e. The lowest BCUT2D eigenvalue weighted by molar-refractivity contribution is -0.122. The van der Waals surface area contributed by atoms with Gasteiger partial charge in [-0.1, -0.05) is 42.4 Å². The Morgan fingerprint density at radius 2 is 2.04 bits per heavy atom. The molecule has 0 bridgehead atoms. The number of hydrogen-bond acceptors (Lipinski definition) is 4. The molecule has 1 aromatic heterocycles. The highest BCUT2D eigenvalue weighted by atomic mass is 32.1. The largest absolute Gasteiger partial charge is 0.496 e. The van der Waals surface area contributed by atoms with Crippen LogP contribution in [0.25, 0.3) is 0 Å². The van der Waals surface area contributed by atoms with Crippen LogP contribution < -0.4 is 14.9 Å². The summed E-state index contributed by atoms with van der Waals surface area (Å²) >= 11 is 1.13. The average molecular weight is 360 g/mol. The van der Waals surface area contributed by atoms with Crippen LogP contribution in [0.3, 0.4) is 0 Å². The molecule has 0 spiro atoms. The fourth-order valence-corrected chi connectivity index (χ4v) is 4.47. The summed E-state index contributed by atoms with van der Waals surface area (Å²) in [5, 5.41) is 4.84. The molecule has 1 heterocycles. The van der Waals surface area contributed by atoms with Crippen molar-refractivity contribution in [2.24, 2.45) is 0 Å². The van der Waals surface area contributed by atoms with Gasteiger partial charge in [-0.05, 0) is 25.8 Å². The van der Waals surface area contributed by atoms with E-state index in [1.165, 1.54) is 10.1 Å². The molecule has 0 aliphatic heterocycles. The number of thiazole rings is 1. The molecule has 0 unspecified atom stereocenters. The molecule has 134 valence electrons. The summed E-state index contributed by atoms with van der Waals surface area (Å²) in [4.78, 5) is 24.1. The van der Waals surface area contributed by atoms with Crippen LogP contribution in [-0.4, -0.2) is 24.1 Å². The molecule has 1 amide bonds. The Morgan fingerprint density at radius 3 is 2.68 bits per heavy atom. The fourth-order valence-electron chi connectivity index (χ4n) is 3.74. The van der Waals surface area contributed by atoms with E-state index in [0.717, 1.165) is 48.5 Å². The third-order valence-corrected chi connectivity index (χ3v) is 6.02. The number of nitrogens with one attached hydrogen (secondary N) is 1. The molecule has 1 aliphatic carbocycles. The van der Waals surface area contributed by atoms with Gasteiger partial charge in [0.05, 0.1) is 7.11 Å². The maximum absolute atomic E-state index is 12.4. The molecule has 1 N–H and O–H groups in total. The van der Waals surface area contributed by atoms with Gasteiger partial charge in [-0.15, -0.1) is 0 Å². The van der Waals surface area contributed by atoms with Crippen molar-refractivity contribution < 1.29 is 9.53 Å². The molecule has 0 atom stereocenters. The zero-order chi connectivity index (χ0) is 17.9. The van der Waals surface area contributed by atoms with Crippen molar-refractivity contribution in [2.45, 2.75) is 44.6 Å². The van der Waals surface area contributed by atoms with Gasteiger partial charge in [0.25, 0.3) is 0 Å². The van der Waals surface area contributed by atoms with E-state index in [4.69, 9.17) is 4.74 Å². The maximum atomic E-state index is 12.4. The second-order valence-corrected chi connectivity index (χ2v) is 7.51. The highest BCUT2D eigenvalue weighted by Gasteiger charge is 2.38. The van der Waals surface area contributed by atoms with Gasteiger partial charge in [0.2, 0.25) is 5.91 Å². The number of rotatable bonds is 6. The molecular weight excluding hydrogens is 336 g/mol. The first-order valence-electron chi connectivity index (χ1n) is 8.61. The fraction of sp³-hybridized carbons (Fsp3) is 0.474. The first-order chi connectivity index (χ1) is 12.1. The van der Waals surface area contributed by atoms with E-state index in [1.54, 1.807) is 12.5 Å². The standard InChI is InChI=1S/C19H24N2O3S/c1-14-12-25-18(23)21(14)11-17(22)20-13-19(9-5-6-10-19)15-7-3-4-8-16(15)24-2/h3-4,7-8,12H,5-6,9-11,13H2,1-2H3,(H,20,22). The molecule has 1 saturated carbocycles. The minimum Gasteiger partial charge on any atom is -0.496 e.